The standard InChI is InChI=1S/C20H19ClN4O3S/c1-12-7-8-14(9-15(12)21)23-18(26)10-17-19(27)24-20(29-17)25-22-11-13-5-3-4-6-16(13)28-2/h3-9,11,17H,10H2,1-2H3,(H,23,26)(H,24,25,27)/b22-11-/t17-/m1/s1. The number of nitrogens with one attached hydrogen (secondary N) is 2. The van der Waals surface area contributed by atoms with Gasteiger partial charge in [-0.25, -0.2) is 0 Å². The van der Waals surface area contributed by atoms with Gasteiger partial charge in [0, 0.05) is 22.7 Å². The zero-order chi connectivity index (χ0) is 20.8. The lowest BCUT2D eigenvalue weighted by atomic mass is 10.2. The minimum atomic E-state index is -0.573. The lowest BCUT2D eigenvalue weighted by Gasteiger charge is -2.08. The van der Waals surface area contributed by atoms with Gasteiger partial charge in [0.15, 0.2) is 5.17 Å². The van der Waals surface area contributed by atoms with Crippen LogP contribution in [0.1, 0.15) is 17.5 Å². The van der Waals surface area contributed by atoms with Gasteiger partial charge in [-0.2, -0.15) is 5.10 Å². The molecule has 2 amide bonds. The fourth-order valence-corrected chi connectivity index (χ4v) is 3.66. The van der Waals surface area contributed by atoms with Gasteiger partial charge >= 0.3 is 0 Å². The van der Waals surface area contributed by atoms with E-state index in [-0.39, 0.29) is 18.2 Å². The van der Waals surface area contributed by atoms with Crippen molar-refractivity contribution in [2.75, 3.05) is 12.4 Å². The molecule has 0 spiro atoms. The van der Waals surface area contributed by atoms with E-state index in [0.717, 1.165) is 11.1 Å². The summed E-state index contributed by atoms with van der Waals surface area (Å²) in [4.78, 5) is 24.4. The number of benzene rings is 2. The molecule has 1 fully saturated rings. The van der Waals surface area contributed by atoms with Gasteiger partial charge in [-0.05, 0) is 36.8 Å². The average Bonchev–Trinajstić information content (AvgIpc) is 3.04. The number of carbonyl (C=O) groups is 2. The number of amides is 2. The average molecular weight is 431 g/mol. The van der Waals surface area contributed by atoms with E-state index in [9.17, 15) is 9.59 Å². The Bertz CT molecular complexity index is 993. The number of rotatable bonds is 6. The zero-order valence-corrected chi connectivity index (χ0v) is 17.4. The molecule has 2 aromatic carbocycles. The number of hydrogen-bond donors (Lipinski definition) is 2. The molecule has 0 bridgehead atoms. The van der Waals surface area contributed by atoms with Gasteiger partial charge in [-0.3, -0.25) is 9.59 Å². The van der Waals surface area contributed by atoms with Gasteiger partial charge in [0.05, 0.1) is 13.3 Å². The van der Waals surface area contributed by atoms with Crippen LogP contribution in [0.3, 0.4) is 0 Å². The second kappa shape index (κ2) is 9.58. The predicted octanol–water partition coefficient (Wildman–Crippen LogP) is 3.61. The minimum Gasteiger partial charge on any atom is -0.496 e. The summed E-state index contributed by atoms with van der Waals surface area (Å²) >= 11 is 7.23. The summed E-state index contributed by atoms with van der Waals surface area (Å²) in [7, 11) is 1.58. The first-order chi connectivity index (χ1) is 14.0. The summed E-state index contributed by atoms with van der Waals surface area (Å²) in [5.41, 5.74) is 2.27. The van der Waals surface area contributed by atoms with Crippen LogP contribution in [0.4, 0.5) is 5.69 Å². The van der Waals surface area contributed by atoms with Crippen molar-refractivity contribution < 1.29 is 14.3 Å². The summed E-state index contributed by atoms with van der Waals surface area (Å²) in [6, 6.07) is 12.6. The van der Waals surface area contributed by atoms with E-state index < -0.39 is 5.25 Å². The Kier molecular flexibility index (Phi) is 6.90. The van der Waals surface area contributed by atoms with E-state index >= 15 is 0 Å². The number of para-hydroxylation sites is 1. The molecule has 0 aliphatic carbocycles. The molecule has 2 aromatic rings. The van der Waals surface area contributed by atoms with Crippen LogP contribution in [0, 0.1) is 6.92 Å². The summed E-state index contributed by atoms with van der Waals surface area (Å²) in [6.45, 7) is 1.88. The number of hydrogen-bond acceptors (Lipinski definition) is 6. The Morgan fingerprint density at radius 1 is 1.34 bits per heavy atom. The van der Waals surface area contributed by atoms with Crippen molar-refractivity contribution in [1.29, 1.82) is 0 Å². The molecule has 9 heteroatoms. The molecule has 29 heavy (non-hydrogen) atoms. The first kappa shape index (κ1) is 20.9. The number of aryl methyl sites for hydroxylation is 1. The van der Waals surface area contributed by atoms with E-state index in [0.29, 0.717) is 21.6 Å². The minimum absolute atomic E-state index is 0.0111. The maximum absolute atomic E-state index is 12.3. The number of thioether (sulfide) groups is 1. The van der Waals surface area contributed by atoms with Crippen LogP contribution in [0.2, 0.25) is 5.02 Å². The summed E-state index contributed by atoms with van der Waals surface area (Å²) in [5, 5.41) is 13.7. The number of amidine groups is 1. The monoisotopic (exact) mass is 430 g/mol. The number of ether oxygens (including phenoxy) is 1. The van der Waals surface area contributed by atoms with Gasteiger partial charge in [0.1, 0.15) is 11.0 Å². The summed E-state index contributed by atoms with van der Waals surface area (Å²) in [6.07, 6.45) is 1.55. The molecule has 0 saturated carbocycles. The highest BCUT2D eigenvalue weighted by atomic mass is 35.5. The van der Waals surface area contributed by atoms with E-state index in [1.165, 1.54) is 11.8 Å². The van der Waals surface area contributed by atoms with Crippen LogP contribution in [0.15, 0.2) is 52.7 Å². The second-order valence-corrected chi connectivity index (χ2v) is 7.80. The lowest BCUT2D eigenvalue weighted by Crippen LogP contribution is -2.28. The fourth-order valence-electron chi connectivity index (χ4n) is 2.55. The molecule has 0 unspecified atom stereocenters. The normalized spacial score (nSPS) is 17.6. The maximum Gasteiger partial charge on any atom is 0.240 e. The van der Waals surface area contributed by atoms with Crippen molar-refractivity contribution in [1.82, 2.24) is 5.32 Å². The molecule has 1 aliphatic rings. The fraction of sp³-hybridized carbons (Fsp3) is 0.200. The van der Waals surface area contributed by atoms with Crippen molar-refractivity contribution in [2.24, 2.45) is 10.2 Å². The third-order valence-electron chi connectivity index (χ3n) is 4.09. The first-order valence-corrected chi connectivity index (χ1v) is 9.99. The van der Waals surface area contributed by atoms with Crippen molar-refractivity contribution in [3.63, 3.8) is 0 Å². The van der Waals surface area contributed by atoms with Crippen LogP contribution in [-0.4, -0.2) is 35.6 Å². The Labute approximate surface area is 177 Å². The first-order valence-electron chi connectivity index (χ1n) is 8.74. The largest absolute Gasteiger partial charge is 0.496 e. The Morgan fingerprint density at radius 3 is 2.90 bits per heavy atom. The molecule has 0 aromatic heterocycles. The molecule has 3 rings (SSSR count). The molecule has 1 heterocycles. The molecular weight excluding hydrogens is 412 g/mol. The molecule has 2 N–H and O–H groups in total. The van der Waals surface area contributed by atoms with E-state index in [4.69, 9.17) is 16.3 Å². The topological polar surface area (TPSA) is 92.2 Å². The molecule has 1 aliphatic heterocycles. The van der Waals surface area contributed by atoms with Gasteiger partial charge in [-0.1, -0.05) is 41.6 Å². The lowest BCUT2D eigenvalue weighted by molar-refractivity contribution is -0.122. The molecule has 1 atom stereocenters. The van der Waals surface area contributed by atoms with E-state index in [1.54, 1.807) is 25.5 Å². The zero-order valence-electron chi connectivity index (χ0n) is 15.8. The van der Waals surface area contributed by atoms with Gasteiger partial charge in [0.2, 0.25) is 11.8 Å². The summed E-state index contributed by atoms with van der Waals surface area (Å²) in [5.74, 6) is 0.111. The van der Waals surface area contributed by atoms with Crippen molar-refractivity contribution >= 4 is 52.2 Å². The van der Waals surface area contributed by atoms with Crippen LogP contribution in [0.5, 0.6) is 5.75 Å². The van der Waals surface area contributed by atoms with Crippen molar-refractivity contribution in [3.05, 3.63) is 58.6 Å². The molecule has 7 nitrogen and oxygen atoms in total. The quantitative estimate of drug-likeness (QED) is 0.541. The maximum atomic E-state index is 12.3. The Balaban J connectivity index is 1.58. The number of nitrogens with zero attached hydrogens (tertiary/aromatic N) is 2. The van der Waals surface area contributed by atoms with Crippen LogP contribution < -0.4 is 15.4 Å². The van der Waals surface area contributed by atoms with Crippen LogP contribution >= 0.6 is 23.4 Å². The van der Waals surface area contributed by atoms with Gasteiger partial charge in [-0.15, -0.1) is 5.10 Å². The van der Waals surface area contributed by atoms with Crippen LogP contribution in [-0.2, 0) is 9.59 Å². The smallest absolute Gasteiger partial charge is 0.240 e. The number of carbonyl (C=O) groups excluding carboxylic acids is 2. The van der Waals surface area contributed by atoms with Crippen molar-refractivity contribution in [2.45, 2.75) is 18.6 Å². The van der Waals surface area contributed by atoms with Gasteiger partial charge < -0.3 is 15.4 Å². The van der Waals surface area contributed by atoms with Gasteiger partial charge in [0.25, 0.3) is 0 Å². The Morgan fingerprint density at radius 2 is 2.14 bits per heavy atom. The number of halogens is 1. The number of methoxy groups -OCH3 is 1. The molecular formula is C20H19ClN4O3S. The van der Waals surface area contributed by atoms with E-state index in [1.807, 2.05) is 37.3 Å². The van der Waals surface area contributed by atoms with Crippen molar-refractivity contribution in [3.8, 4) is 5.75 Å². The highest BCUT2D eigenvalue weighted by Gasteiger charge is 2.32. The SMILES string of the molecule is COc1ccccc1/C=N\N=C1/NC(=O)[C@@H](CC(=O)Nc2ccc(C)c(Cl)c2)S1. The second-order valence-electron chi connectivity index (χ2n) is 6.20. The highest BCUT2D eigenvalue weighted by Crippen LogP contribution is 2.24. The van der Waals surface area contributed by atoms with Crippen LogP contribution in [0.25, 0.3) is 0 Å². The number of anilines is 1. The molecule has 0 radical (unpaired) electrons. The predicted molar refractivity (Wildman–Crippen MR) is 117 cm³/mol. The molecule has 150 valence electrons. The molecule has 1 saturated heterocycles. The third-order valence-corrected chi connectivity index (χ3v) is 5.57. The van der Waals surface area contributed by atoms with E-state index in [2.05, 4.69) is 20.8 Å². The Hall–Kier alpha value is -2.84. The summed E-state index contributed by atoms with van der Waals surface area (Å²) < 4.78 is 5.24. The third kappa shape index (κ3) is 5.58. The highest BCUT2D eigenvalue weighted by molar-refractivity contribution is 8.15.